The van der Waals surface area contributed by atoms with Gasteiger partial charge in [-0.25, -0.2) is 0 Å². The number of allylic oxidation sites excluding steroid dienone is 3. The van der Waals surface area contributed by atoms with Crippen LogP contribution in [0, 0.1) is 0 Å². The average Bonchev–Trinajstić information content (AvgIpc) is 2.14. The van der Waals surface area contributed by atoms with Gasteiger partial charge in [0.1, 0.15) is 6.54 Å². The summed E-state index contributed by atoms with van der Waals surface area (Å²) >= 11 is 0. The molecule has 0 fully saturated rings. The maximum Gasteiger partial charge on any atom is 0.322 e. The lowest BCUT2D eigenvalue weighted by atomic mass is 10.3. The first-order valence-corrected chi connectivity index (χ1v) is 4.41. The molecule has 0 atom stereocenters. The molecule has 2 N–H and O–H groups in total. The fourth-order valence-corrected chi connectivity index (χ4v) is 0.748. The molecule has 0 aromatic carbocycles. The number of aliphatic carboxylic acids is 1. The van der Waals surface area contributed by atoms with Gasteiger partial charge in [-0.3, -0.25) is 9.59 Å². The summed E-state index contributed by atoms with van der Waals surface area (Å²) in [5.74, 6) is -1.31. The van der Waals surface area contributed by atoms with Crippen LogP contribution in [0.25, 0.3) is 0 Å². The van der Waals surface area contributed by atoms with E-state index < -0.39 is 5.97 Å². The Bertz CT molecular complexity index is 244. The molecule has 4 heteroatoms. The molecular formula is C10H15NO3. The van der Waals surface area contributed by atoms with Gasteiger partial charge in [-0.05, 0) is 13.3 Å². The molecule has 0 aliphatic carbocycles. The van der Waals surface area contributed by atoms with E-state index in [1.807, 2.05) is 25.2 Å². The normalized spacial score (nSPS) is 10.9. The zero-order valence-corrected chi connectivity index (χ0v) is 8.19. The quantitative estimate of drug-likeness (QED) is 0.626. The summed E-state index contributed by atoms with van der Waals surface area (Å²) in [7, 11) is 0. The summed E-state index contributed by atoms with van der Waals surface area (Å²) < 4.78 is 0. The lowest BCUT2D eigenvalue weighted by molar-refractivity contribution is -0.137. The van der Waals surface area contributed by atoms with Gasteiger partial charge in [-0.2, -0.15) is 0 Å². The van der Waals surface area contributed by atoms with Crippen LogP contribution in [0.1, 0.15) is 19.8 Å². The first kappa shape index (κ1) is 12.4. The van der Waals surface area contributed by atoms with E-state index >= 15 is 0 Å². The van der Waals surface area contributed by atoms with E-state index in [1.165, 1.54) is 0 Å². The predicted octanol–water partition coefficient (Wildman–Crippen LogP) is 1.10. The van der Waals surface area contributed by atoms with Crippen LogP contribution in [0.5, 0.6) is 0 Å². The Morgan fingerprint density at radius 2 is 2.00 bits per heavy atom. The van der Waals surface area contributed by atoms with E-state index in [2.05, 4.69) is 5.32 Å². The molecule has 0 bridgehead atoms. The van der Waals surface area contributed by atoms with Crippen LogP contribution < -0.4 is 5.32 Å². The number of nitrogens with one attached hydrogen (secondary N) is 1. The van der Waals surface area contributed by atoms with Gasteiger partial charge >= 0.3 is 5.97 Å². The van der Waals surface area contributed by atoms with Gasteiger partial charge < -0.3 is 10.4 Å². The molecule has 14 heavy (non-hydrogen) atoms. The van der Waals surface area contributed by atoms with E-state index in [0.29, 0.717) is 0 Å². The van der Waals surface area contributed by atoms with Crippen molar-refractivity contribution in [2.45, 2.75) is 19.8 Å². The van der Waals surface area contributed by atoms with E-state index in [4.69, 9.17) is 5.11 Å². The minimum Gasteiger partial charge on any atom is -0.480 e. The summed E-state index contributed by atoms with van der Waals surface area (Å²) in [4.78, 5) is 21.0. The Balaban J connectivity index is 3.53. The van der Waals surface area contributed by atoms with Gasteiger partial charge in [-0.1, -0.05) is 24.3 Å². The predicted molar refractivity (Wildman–Crippen MR) is 53.8 cm³/mol. The standard InChI is InChI=1S/C10H15NO3/c1-2-3-4-5-6-7-9(12)11-8-10(13)14/h2-3,5-6H,4,7-8H2,1H3,(H,11,12)(H,13,14)/b3-2+,6-5+. The highest BCUT2D eigenvalue weighted by Crippen LogP contribution is 1.89. The summed E-state index contributed by atoms with van der Waals surface area (Å²) in [6.07, 6.45) is 8.49. The number of carbonyl (C=O) groups excluding carboxylic acids is 1. The van der Waals surface area contributed by atoms with Gasteiger partial charge in [-0.15, -0.1) is 0 Å². The third-order valence-electron chi connectivity index (χ3n) is 1.41. The molecule has 0 spiro atoms. The molecule has 0 aliphatic rings. The molecule has 78 valence electrons. The Kier molecular flexibility index (Phi) is 7.13. The minimum atomic E-state index is -1.03. The largest absolute Gasteiger partial charge is 0.480 e. The van der Waals surface area contributed by atoms with E-state index in [0.717, 1.165) is 6.42 Å². The second-order valence-corrected chi connectivity index (χ2v) is 2.65. The Morgan fingerprint density at radius 3 is 2.57 bits per heavy atom. The topological polar surface area (TPSA) is 66.4 Å². The number of hydrogen-bond donors (Lipinski definition) is 2. The molecule has 0 aromatic heterocycles. The third kappa shape index (κ3) is 8.52. The lowest BCUT2D eigenvalue weighted by Gasteiger charge is -1.97. The highest BCUT2D eigenvalue weighted by molar-refractivity contribution is 5.81. The average molecular weight is 197 g/mol. The fourth-order valence-electron chi connectivity index (χ4n) is 0.748. The van der Waals surface area contributed by atoms with Gasteiger partial charge in [0, 0.05) is 6.42 Å². The number of rotatable bonds is 6. The van der Waals surface area contributed by atoms with Crippen molar-refractivity contribution in [1.82, 2.24) is 5.32 Å². The third-order valence-corrected chi connectivity index (χ3v) is 1.41. The van der Waals surface area contributed by atoms with Crippen molar-refractivity contribution in [1.29, 1.82) is 0 Å². The molecule has 0 saturated heterocycles. The monoisotopic (exact) mass is 197 g/mol. The molecule has 0 aliphatic heterocycles. The molecular weight excluding hydrogens is 182 g/mol. The number of carboxylic acids is 1. The molecule has 1 amide bonds. The minimum absolute atomic E-state index is 0.227. The van der Waals surface area contributed by atoms with Crippen LogP contribution in [0.4, 0.5) is 0 Å². The maximum absolute atomic E-state index is 10.9. The molecule has 0 saturated carbocycles. The molecule has 4 nitrogen and oxygen atoms in total. The van der Waals surface area contributed by atoms with Gasteiger partial charge in [0.25, 0.3) is 0 Å². The SMILES string of the molecule is C/C=C/C/C=C/CC(=O)NCC(=O)O. The highest BCUT2D eigenvalue weighted by atomic mass is 16.4. The summed E-state index contributed by atoms with van der Waals surface area (Å²) in [6, 6.07) is 0. The van der Waals surface area contributed by atoms with E-state index in [-0.39, 0.29) is 18.9 Å². The molecule has 0 unspecified atom stereocenters. The number of carboxylic acid groups (broad SMARTS) is 1. The number of hydrogen-bond acceptors (Lipinski definition) is 2. The molecule has 0 heterocycles. The second-order valence-electron chi connectivity index (χ2n) is 2.65. The maximum atomic E-state index is 10.9. The van der Waals surface area contributed by atoms with Crippen molar-refractivity contribution < 1.29 is 14.7 Å². The zero-order valence-electron chi connectivity index (χ0n) is 8.19. The fraction of sp³-hybridized carbons (Fsp3) is 0.400. The van der Waals surface area contributed by atoms with Crippen molar-refractivity contribution in [3.05, 3.63) is 24.3 Å². The second kappa shape index (κ2) is 8.04. The van der Waals surface area contributed by atoms with Crippen LogP contribution in [0.3, 0.4) is 0 Å². The Hall–Kier alpha value is -1.58. The summed E-state index contributed by atoms with van der Waals surface area (Å²) in [6.45, 7) is 1.61. The first-order chi connectivity index (χ1) is 6.66. The van der Waals surface area contributed by atoms with Gasteiger partial charge in [0.2, 0.25) is 5.91 Å². The van der Waals surface area contributed by atoms with Crippen molar-refractivity contribution in [2.75, 3.05) is 6.54 Å². The highest BCUT2D eigenvalue weighted by Gasteiger charge is 2.00. The van der Waals surface area contributed by atoms with E-state index in [1.54, 1.807) is 6.08 Å². The van der Waals surface area contributed by atoms with Crippen LogP contribution in [-0.2, 0) is 9.59 Å². The number of carbonyl (C=O) groups is 2. The van der Waals surface area contributed by atoms with Gasteiger partial charge in [0.15, 0.2) is 0 Å². The van der Waals surface area contributed by atoms with Crippen molar-refractivity contribution in [3.8, 4) is 0 Å². The molecule has 0 rings (SSSR count). The first-order valence-electron chi connectivity index (χ1n) is 4.41. The van der Waals surface area contributed by atoms with Crippen LogP contribution in [0.15, 0.2) is 24.3 Å². The van der Waals surface area contributed by atoms with Crippen LogP contribution in [-0.4, -0.2) is 23.5 Å². The van der Waals surface area contributed by atoms with Crippen molar-refractivity contribution >= 4 is 11.9 Å². The Morgan fingerprint density at radius 1 is 1.29 bits per heavy atom. The zero-order chi connectivity index (χ0) is 10.8. The van der Waals surface area contributed by atoms with Crippen LogP contribution >= 0.6 is 0 Å². The summed E-state index contributed by atoms with van der Waals surface area (Å²) in [5, 5.41) is 10.5. The lowest BCUT2D eigenvalue weighted by Crippen LogP contribution is -2.28. The summed E-state index contributed by atoms with van der Waals surface area (Å²) in [5.41, 5.74) is 0. The van der Waals surface area contributed by atoms with Crippen molar-refractivity contribution in [3.63, 3.8) is 0 Å². The number of amides is 1. The Labute approximate surface area is 83.3 Å². The van der Waals surface area contributed by atoms with Crippen LogP contribution in [0.2, 0.25) is 0 Å². The van der Waals surface area contributed by atoms with E-state index in [9.17, 15) is 9.59 Å². The molecule has 0 radical (unpaired) electrons. The van der Waals surface area contributed by atoms with Crippen molar-refractivity contribution in [2.24, 2.45) is 0 Å². The van der Waals surface area contributed by atoms with Gasteiger partial charge in [0.05, 0.1) is 0 Å². The smallest absolute Gasteiger partial charge is 0.322 e. The molecule has 0 aromatic rings.